The van der Waals surface area contributed by atoms with Gasteiger partial charge in [0.05, 0.1) is 18.7 Å². The quantitative estimate of drug-likeness (QED) is 0.729. The van der Waals surface area contributed by atoms with Gasteiger partial charge >= 0.3 is 5.97 Å². The average Bonchev–Trinajstić information content (AvgIpc) is 2.94. The predicted octanol–water partition coefficient (Wildman–Crippen LogP) is 3.06. The minimum atomic E-state index is -0.234. The molecule has 3 rings (SSSR count). The molecule has 29 heavy (non-hydrogen) atoms. The number of rotatable bonds is 6. The molecule has 1 aromatic carbocycles. The summed E-state index contributed by atoms with van der Waals surface area (Å²) in [5, 5.41) is 3.38. The summed E-state index contributed by atoms with van der Waals surface area (Å²) in [4.78, 5) is 32.8. The summed E-state index contributed by atoms with van der Waals surface area (Å²) in [6, 6.07) is 10.6. The van der Waals surface area contributed by atoms with Gasteiger partial charge in [-0.05, 0) is 43.7 Å². The van der Waals surface area contributed by atoms with Crippen molar-refractivity contribution in [2.24, 2.45) is 0 Å². The standard InChI is InChI=1S/C21H25ClN4O3/c1-2-29-20(27)15-25-9-4-10-26(12-11-25)19-8-7-16(14-23-19)21(28)24-18-6-3-5-17(22)13-18/h3,5-8,13-14H,2,4,9-12,15H2,1H3,(H,24,28). The van der Waals surface area contributed by atoms with E-state index in [2.05, 4.69) is 20.1 Å². The fraction of sp³-hybridized carbons (Fsp3) is 0.381. The Morgan fingerprint density at radius 1 is 1.17 bits per heavy atom. The summed E-state index contributed by atoms with van der Waals surface area (Å²) >= 11 is 5.95. The number of carbonyl (C=O) groups excluding carboxylic acids is 2. The summed E-state index contributed by atoms with van der Waals surface area (Å²) in [7, 11) is 0. The van der Waals surface area contributed by atoms with Gasteiger partial charge in [0.25, 0.3) is 5.91 Å². The lowest BCUT2D eigenvalue weighted by molar-refractivity contribution is -0.144. The molecule has 1 amide bonds. The highest BCUT2D eigenvalue weighted by Gasteiger charge is 2.19. The number of hydrogen-bond donors (Lipinski definition) is 1. The molecule has 1 aromatic heterocycles. The first-order valence-corrected chi connectivity index (χ1v) is 10.1. The Morgan fingerprint density at radius 3 is 2.76 bits per heavy atom. The second-order valence-corrected chi connectivity index (χ2v) is 7.23. The number of nitrogens with zero attached hydrogens (tertiary/aromatic N) is 3. The van der Waals surface area contributed by atoms with Crippen molar-refractivity contribution in [3.63, 3.8) is 0 Å². The largest absolute Gasteiger partial charge is 0.465 e. The number of esters is 1. The van der Waals surface area contributed by atoms with Crippen LogP contribution in [0.5, 0.6) is 0 Å². The topological polar surface area (TPSA) is 74.8 Å². The molecular formula is C21H25ClN4O3. The van der Waals surface area contributed by atoms with E-state index in [9.17, 15) is 9.59 Å². The first-order valence-electron chi connectivity index (χ1n) is 9.71. The Bertz CT molecular complexity index is 844. The number of hydrogen-bond acceptors (Lipinski definition) is 6. The van der Waals surface area contributed by atoms with Crippen LogP contribution in [0.2, 0.25) is 5.02 Å². The number of pyridine rings is 1. The lowest BCUT2D eigenvalue weighted by Gasteiger charge is -2.22. The van der Waals surface area contributed by atoms with Crippen molar-refractivity contribution in [2.75, 3.05) is 49.5 Å². The molecule has 1 aliphatic rings. The zero-order valence-electron chi connectivity index (χ0n) is 16.4. The zero-order valence-corrected chi connectivity index (χ0v) is 17.2. The molecule has 1 saturated heterocycles. The second kappa shape index (κ2) is 10.2. The van der Waals surface area contributed by atoms with Crippen molar-refractivity contribution < 1.29 is 14.3 Å². The van der Waals surface area contributed by atoms with E-state index < -0.39 is 0 Å². The number of anilines is 2. The minimum Gasteiger partial charge on any atom is -0.465 e. The highest BCUT2D eigenvalue weighted by Crippen LogP contribution is 2.18. The molecule has 8 heteroatoms. The van der Waals surface area contributed by atoms with Gasteiger partial charge in [-0.1, -0.05) is 17.7 Å². The van der Waals surface area contributed by atoms with Crippen LogP contribution in [-0.2, 0) is 9.53 Å². The third-order valence-electron chi connectivity index (χ3n) is 4.66. The van der Waals surface area contributed by atoms with Crippen LogP contribution in [0.25, 0.3) is 0 Å². The first-order chi connectivity index (χ1) is 14.0. The number of carbonyl (C=O) groups is 2. The average molecular weight is 417 g/mol. The smallest absolute Gasteiger partial charge is 0.320 e. The van der Waals surface area contributed by atoms with Crippen LogP contribution in [0.1, 0.15) is 23.7 Å². The summed E-state index contributed by atoms with van der Waals surface area (Å²) in [6.45, 7) is 5.75. The molecule has 0 bridgehead atoms. The SMILES string of the molecule is CCOC(=O)CN1CCCN(c2ccc(C(=O)Nc3cccc(Cl)c3)cn2)CC1. The van der Waals surface area contributed by atoms with Crippen LogP contribution in [-0.4, -0.2) is 61.1 Å². The molecule has 0 saturated carbocycles. The minimum absolute atomic E-state index is 0.186. The molecular weight excluding hydrogens is 392 g/mol. The second-order valence-electron chi connectivity index (χ2n) is 6.79. The molecule has 0 aliphatic carbocycles. The van der Waals surface area contributed by atoms with Crippen LogP contribution >= 0.6 is 11.6 Å². The summed E-state index contributed by atoms with van der Waals surface area (Å²) in [5.41, 5.74) is 1.12. The molecule has 1 fully saturated rings. The number of halogens is 1. The number of aromatic nitrogens is 1. The van der Waals surface area contributed by atoms with Gasteiger partial charge in [-0.2, -0.15) is 0 Å². The fourth-order valence-corrected chi connectivity index (χ4v) is 3.41. The predicted molar refractivity (Wildman–Crippen MR) is 114 cm³/mol. The van der Waals surface area contributed by atoms with E-state index in [-0.39, 0.29) is 11.9 Å². The third kappa shape index (κ3) is 6.17. The van der Waals surface area contributed by atoms with Crippen molar-refractivity contribution in [1.29, 1.82) is 0 Å². The molecule has 0 spiro atoms. The van der Waals surface area contributed by atoms with Crippen LogP contribution in [0.4, 0.5) is 11.5 Å². The van der Waals surface area contributed by atoms with E-state index in [4.69, 9.17) is 16.3 Å². The van der Waals surface area contributed by atoms with Crippen molar-refractivity contribution >= 4 is 35.0 Å². The maximum atomic E-state index is 12.4. The molecule has 1 N–H and O–H groups in total. The van der Waals surface area contributed by atoms with E-state index in [1.165, 1.54) is 0 Å². The van der Waals surface area contributed by atoms with Crippen LogP contribution in [0.3, 0.4) is 0 Å². The van der Waals surface area contributed by atoms with Gasteiger partial charge in [0, 0.05) is 43.1 Å². The van der Waals surface area contributed by atoms with Gasteiger partial charge in [0.2, 0.25) is 0 Å². The molecule has 0 atom stereocenters. The molecule has 0 radical (unpaired) electrons. The summed E-state index contributed by atoms with van der Waals surface area (Å²) in [5.74, 6) is 0.402. The van der Waals surface area contributed by atoms with Gasteiger partial charge in [-0.15, -0.1) is 0 Å². The Hall–Kier alpha value is -2.64. The summed E-state index contributed by atoms with van der Waals surface area (Å²) in [6.07, 6.45) is 2.51. The first kappa shape index (κ1) is 21.1. The van der Waals surface area contributed by atoms with E-state index in [0.717, 1.165) is 38.4 Å². The van der Waals surface area contributed by atoms with E-state index in [1.54, 1.807) is 36.5 Å². The van der Waals surface area contributed by atoms with Crippen molar-refractivity contribution in [3.8, 4) is 0 Å². The normalized spacial score (nSPS) is 14.9. The molecule has 2 aromatic rings. The maximum Gasteiger partial charge on any atom is 0.320 e. The van der Waals surface area contributed by atoms with Gasteiger partial charge in [-0.3, -0.25) is 14.5 Å². The Labute approximate surface area is 175 Å². The number of nitrogens with one attached hydrogen (secondary N) is 1. The number of ether oxygens (including phenoxy) is 1. The monoisotopic (exact) mass is 416 g/mol. The van der Waals surface area contributed by atoms with E-state index >= 15 is 0 Å². The molecule has 154 valence electrons. The third-order valence-corrected chi connectivity index (χ3v) is 4.90. The number of benzene rings is 1. The Morgan fingerprint density at radius 2 is 2.03 bits per heavy atom. The fourth-order valence-electron chi connectivity index (χ4n) is 3.22. The Kier molecular flexibility index (Phi) is 7.43. The Balaban J connectivity index is 1.57. The molecule has 1 aliphatic heterocycles. The molecule has 0 unspecified atom stereocenters. The lowest BCUT2D eigenvalue weighted by Crippen LogP contribution is -2.35. The zero-order chi connectivity index (χ0) is 20.6. The van der Waals surface area contributed by atoms with Crippen molar-refractivity contribution in [1.82, 2.24) is 9.88 Å². The van der Waals surface area contributed by atoms with Crippen molar-refractivity contribution in [3.05, 3.63) is 53.2 Å². The molecule has 2 heterocycles. The van der Waals surface area contributed by atoms with Crippen LogP contribution < -0.4 is 10.2 Å². The van der Waals surface area contributed by atoms with Gasteiger partial charge < -0.3 is 15.0 Å². The number of amides is 1. The van der Waals surface area contributed by atoms with Gasteiger partial charge in [0.15, 0.2) is 0 Å². The highest BCUT2D eigenvalue weighted by molar-refractivity contribution is 6.30. The highest BCUT2D eigenvalue weighted by atomic mass is 35.5. The summed E-state index contributed by atoms with van der Waals surface area (Å²) < 4.78 is 5.03. The lowest BCUT2D eigenvalue weighted by atomic mass is 10.2. The molecule has 7 nitrogen and oxygen atoms in total. The van der Waals surface area contributed by atoms with Gasteiger partial charge in [-0.25, -0.2) is 4.98 Å². The van der Waals surface area contributed by atoms with Crippen LogP contribution in [0, 0.1) is 0 Å². The van der Waals surface area contributed by atoms with Crippen LogP contribution in [0.15, 0.2) is 42.6 Å². The van der Waals surface area contributed by atoms with E-state index in [0.29, 0.717) is 29.4 Å². The van der Waals surface area contributed by atoms with Crippen molar-refractivity contribution in [2.45, 2.75) is 13.3 Å². The van der Waals surface area contributed by atoms with E-state index in [1.807, 2.05) is 13.0 Å². The maximum absolute atomic E-state index is 12.4. The van der Waals surface area contributed by atoms with Gasteiger partial charge in [0.1, 0.15) is 5.82 Å².